The second kappa shape index (κ2) is 10.2. The van der Waals surface area contributed by atoms with Gasteiger partial charge in [0.1, 0.15) is 12.4 Å². The van der Waals surface area contributed by atoms with Gasteiger partial charge in [0.2, 0.25) is 5.91 Å². The minimum absolute atomic E-state index is 0.0153. The van der Waals surface area contributed by atoms with Crippen molar-refractivity contribution in [2.75, 3.05) is 62.7 Å². The molecule has 2 saturated heterocycles. The number of aryl methyl sites for hydroxylation is 1. The first-order valence-electron chi connectivity index (χ1n) is 13.6. The van der Waals surface area contributed by atoms with Gasteiger partial charge in [-0.1, -0.05) is 12.6 Å². The molecule has 3 aliphatic rings. The van der Waals surface area contributed by atoms with Crippen LogP contribution in [0.3, 0.4) is 0 Å². The average molecular weight is 517 g/mol. The molecule has 1 N–H and O–H groups in total. The first kappa shape index (κ1) is 24.7. The highest BCUT2D eigenvalue weighted by Gasteiger charge is 2.30. The molecule has 0 spiro atoms. The number of aromatic amines is 1. The van der Waals surface area contributed by atoms with E-state index in [1.54, 1.807) is 0 Å². The van der Waals surface area contributed by atoms with Gasteiger partial charge in [0.25, 0.3) is 0 Å². The lowest BCUT2D eigenvalue weighted by Gasteiger charge is -2.38. The third-order valence-electron chi connectivity index (χ3n) is 8.28. The number of hydrogen-bond acceptors (Lipinski definition) is 8. The van der Waals surface area contributed by atoms with Gasteiger partial charge in [-0.3, -0.25) is 9.89 Å². The van der Waals surface area contributed by atoms with Gasteiger partial charge in [0.05, 0.1) is 29.6 Å². The van der Waals surface area contributed by atoms with E-state index in [9.17, 15) is 4.79 Å². The monoisotopic (exact) mass is 516 g/mol. The summed E-state index contributed by atoms with van der Waals surface area (Å²) < 4.78 is 6.26. The molecule has 1 atom stereocenters. The maximum Gasteiger partial charge on any atom is 0.318 e. The zero-order valence-electron chi connectivity index (χ0n) is 22.3. The number of rotatable bonds is 6. The molecule has 10 nitrogen and oxygen atoms in total. The summed E-state index contributed by atoms with van der Waals surface area (Å²) in [6.07, 6.45) is 6.48. The van der Waals surface area contributed by atoms with Crippen LogP contribution in [0.2, 0.25) is 0 Å². The normalized spacial score (nSPS) is 20.2. The molecule has 38 heavy (non-hydrogen) atoms. The van der Waals surface area contributed by atoms with Crippen molar-refractivity contribution in [3.05, 3.63) is 47.8 Å². The fourth-order valence-corrected chi connectivity index (χ4v) is 6.07. The topological polar surface area (TPSA) is 93.7 Å². The number of carbonyl (C=O) groups excluding carboxylic acids is 1. The van der Waals surface area contributed by atoms with Gasteiger partial charge >= 0.3 is 6.01 Å². The standard InChI is InChI=1S/C28H36N8O2/c1-4-25(37)34-12-14-35(15-13-34)27-21-9-11-36(26-19(2)7-8-23-22(26)16-29-32-23)17-24(21)30-28(31-27)38-18-20-6-5-10-33(20)3/h4,7-8,16,20H,1,5-6,9-15,17-18H2,2-3H3,(H,29,32)/t20-/m0/s1. The van der Waals surface area contributed by atoms with Gasteiger partial charge in [-0.2, -0.15) is 15.1 Å². The Morgan fingerprint density at radius 2 is 2.00 bits per heavy atom. The Morgan fingerprint density at radius 1 is 1.16 bits per heavy atom. The number of H-pyrrole nitrogens is 1. The molecule has 2 aromatic heterocycles. The van der Waals surface area contributed by atoms with Gasteiger partial charge < -0.3 is 24.3 Å². The zero-order chi connectivity index (χ0) is 26.2. The number of carbonyl (C=O) groups is 1. The van der Waals surface area contributed by atoms with E-state index in [0.29, 0.717) is 38.3 Å². The average Bonchev–Trinajstić information content (AvgIpc) is 3.59. The van der Waals surface area contributed by atoms with Crippen molar-refractivity contribution in [1.82, 2.24) is 30.0 Å². The van der Waals surface area contributed by atoms with Crippen molar-refractivity contribution in [1.29, 1.82) is 0 Å². The molecule has 0 unspecified atom stereocenters. The van der Waals surface area contributed by atoms with Crippen LogP contribution in [-0.4, -0.2) is 94.8 Å². The number of ether oxygens (including phenoxy) is 1. The molecule has 3 aromatic rings. The number of amides is 1. The van der Waals surface area contributed by atoms with E-state index in [0.717, 1.165) is 61.4 Å². The molecule has 0 saturated carbocycles. The van der Waals surface area contributed by atoms with Crippen molar-refractivity contribution >= 4 is 28.3 Å². The molecule has 1 aromatic carbocycles. The Balaban J connectivity index is 1.31. The molecule has 200 valence electrons. The lowest BCUT2D eigenvalue weighted by molar-refractivity contribution is -0.126. The lowest BCUT2D eigenvalue weighted by atomic mass is 10.0. The summed E-state index contributed by atoms with van der Waals surface area (Å²) >= 11 is 0. The number of aromatic nitrogens is 4. The zero-order valence-corrected chi connectivity index (χ0v) is 22.3. The molecule has 0 radical (unpaired) electrons. The maximum atomic E-state index is 12.1. The highest BCUT2D eigenvalue weighted by molar-refractivity contribution is 5.93. The van der Waals surface area contributed by atoms with Gasteiger partial charge in [0, 0.05) is 49.7 Å². The fraction of sp³-hybridized carbons (Fsp3) is 0.500. The van der Waals surface area contributed by atoms with Crippen LogP contribution in [0.25, 0.3) is 10.9 Å². The molecule has 0 bridgehead atoms. The van der Waals surface area contributed by atoms with Crippen LogP contribution in [0.1, 0.15) is 29.7 Å². The molecule has 1 amide bonds. The van der Waals surface area contributed by atoms with E-state index in [1.165, 1.54) is 29.3 Å². The Kier molecular flexibility index (Phi) is 6.65. The largest absolute Gasteiger partial charge is 0.462 e. The molecule has 0 aliphatic carbocycles. The Morgan fingerprint density at radius 3 is 2.76 bits per heavy atom. The highest BCUT2D eigenvalue weighted by atomic mass is 16.5. The second-order valence-corrected chi connectivity index (χ2v) is 10.6. The number of likely N-dealkylation sites (tertiary alicyclic amines) is 1. The van der Waals surface area contributed by atoms with E-state index < -0.39 is 0 Å². The summed E-state index contributed by atoms with van der Waals surface area (Å²) in [6.45, 7) is 11.8. The lowest BCUT2D eigenvalue weighted by Crippen LogP contribution is -2.49. The number of nitrogens with one attached hydrogen (secondary N) is 1. The predicted molar refractivity (Wildman–Crippen MR) is 148 cm³/mol. The van der Waals surface area contributed by atoms with Crippen molar-refractivity contribution < 1.29 is 9.53 Å². The highest BCUT2D eigenvalue weighted by Crippen LogP contribution is 2.35. The SMILES string of the molecule is C=CC(=O)N1CCN(c2nc(OC[C@@H]3CCCN3C)nc3c2CCN(c2c(C)ccc4[nH]ncc24)C3)CC1. The first-order chi connectivity index (χ1) is 18.5. The summed E-state index contributed by atoms with van der Waals surface area (Å²) in [5.74, 6) is 0.937. The number of nitrogens with zero attached hydrogens (tertiary/aromatic N) is 7. The van der Waals surface area contributed by atoms with Crippen LogP contribution in [0.4, 0.5) is 11.5 Å². The Labute approximate surface area is 223 Å². The number of benzene rings is 1. The predicted octanol–water partition coefficient (Wildman–Crippen LogP) is 2.53. The maximum absolute atomic E-state index is 12.1. The first-order valence-corrected chi connectivity index (χ1v) is 13.6. The summed E-state index contributed by atoms with van der Waals surface area (Å²) in [4.78, 5) is 31.0. The molecule has 5 heterocycles. The van der Waals surface area contributed by atoms with Crippen molar-refractivity contribution in [2.45, 2.75) is 38.8 Å². The third-order valence-corrected chi connectivity index (χ3v) is 8.28. The van der Waals surface area contributed by atoms with Gasteiger partial charge in [-0.15, -0.1) is 0 Å². The quantitative estimate of drug-likeness (QED) is 0.500. The molecule has 3 aliphatic heterocycles. The number of fused-ring (bicyclic) bond motifs is 2. The Bertz CT molecular complexity index is 1350. The van der Waals surface area contributed by atoms with E-state index >= 15 is 0 Å². The molecule has 10 heteroatoms. The van der Waals surface area contributed by atoms with Crippen LogP contribution in [0.15, 0.2) is 31.0 Å². The fourth-order valence-electron chi connectivity index (χ4n) is 6.07. The third kappa shape index (κ3) is 4.57. The number of anilines is 2. The van der Waals surface area contributed by atoms with Gasteiger partial charge in [0.15, 0.2) is 0 Å². The smallest absolute Gasteiger partial charge is 0.318 e. The number of likely N-dealkylation sites (N-methyl/N-ethyl adjacent to an activating group) is 1. The number of piperazine rings is 1. The van der Waals surface area contributed by atoms with E-state index in [1.807, 2.05) is 11.1 Å². The van der Waals surface area contributed by atoms with Crippen LogP contribution >= 0.6 is 0 Å². The van der Waals surface area contributed by atoms with Crippen molar-refractivity contribution in [3.63, 3.8) is 0 Å². The van der Waals surface area contributed by atoms with Gasteiger partial charge in [-0.25, -0.2) is 0 Å². The summed E-state index contributed by atoms with van der Waals surface area (Å²) in [5.41, 5.74) is 5.66. The summed E-state index contributed by atoms with van der Waals surface area (Å²) in [7, 11) is 2.15. The molecular weight excluding hydrogens is 480 g/mol. The minimum atomic E-state index is -0.0153. The second-order valence-electron chi connectivity index (χ2n) is 10.6. The van der Waals surface area contributed by atoms with E-state index in [4.69, 9.17) is 14.7 Å². The minimum Gasteiger partial charge on any atom is -0.462 e. The van der Waals surface area contributed by atoms with Crippen LogP contribution in [0.5, 0.6) is 6.01 Å². The molecular formula is C28H36N8O2. The van der Waals surface area contributed by atoms with Crippen LogP contribution in [-0.2, 0) is 17.8 Å². The van der Waals surface area contributed by atoms with E-state index in [2.05, 4.69) is 57.6 Å². The summed E-state index contributed by atoms with van der Waals surface area (Å²) in [6, 6.07) is 5.07. The molecule has 2 fully saturated rings. The van der Waals surface area contributed by atoms with E-state index in [-0.39, 0.29) is 5.91 Å². The molecule has 6 rings (SSSR count). The van der Waals surface area contributed by atoms with Crippen molar-refractivity contribution in [2.24, 2.45) is 0 Å². The Hall–Kier alpha value is -3.66. The van der Waals surface area contributed by atoms with Crippen LogP contribution in [0, 0.1) is 6.92 Å². The number of hydrogen-bond donors (Lipinski definition) is 1. The van der Waals surface area contributed by atoms with Gasteiger partial charge in [-0.05, 0) is 57.5 Å². The van der Waals surface area contributed by atoms with Crippen molar-refractivity contribution in [3.8, 4) is 6.01 Å². The van der Waals surface area contributed by atoms with Crippen LogP contribution < -0.4 is 14.5 Å². The summed E-state index contributed by atoms with van der Waals surface area (Å²) in [5, 5.41) is 8.52.